The first kappa shape index (κ1) is 12.8. The molecule has 2 aromatic rings. The smallest absolute Gasteiger partial charge is 0.349 e. The molecular formula is C13H13N3O3. The van der Waals surface area contributed by atoms with Crippen molar-refractivity contribution in [3.63, 3.8) is 0 Å². The molecule has 2 rings (SSSR count). The molecule has 1 N–H and O–H groups in total. The normalized spacial score (nSPS) is 10.0. The fourth-order valence-electron chi connectivity index (χ4n) is 1.47. The van der Waals surface area contributed by atoms with Gasteiger partial charge in [0.25, 0.3) is 5.91 Å². The molecule has 0 aliphatic rings. The van der Waals surface area contributed by atoms with E-state index in [1.54, 1.807) is 50.7 Å². The number of nitrogens with one attached hydrogen (secondary N) is 1. The Morgan fingerprint density at radius 3 is 2.53 bits per heavy atom. The van der Waals surface area contributed by atoms with E-state index >= 15 is 0 Å². The van der Waals surface area contributed by atoms with Crippen molar-refractivity contribution in [1.82, 2.24) is 9.55 Å². The number of aromatic nitrogens is 2. The molecule has 98 valence electrons. The van der Waals surface area contributed by atoms with Gasteiger partial charge in [-0.25, -0.2) is 4.79 Å². The molecule has 1 aromatic carbocycles. The largest absolute Gasteiger partial charge is 0.497 e. The molecular weight excluding hydrogens is 246 g/mol. The van der Waals surface area contributed by atoms with Crippen LogP contribution in [0.5, 0.6) is 5.75 Å². The fraction of sp³-hybridized carbons (Fsp3) is 0.154. The Hall–Kier alpha value is -2.63. The van der Waals surface area contributed by atoms with Crippen LogP contribution in [-0.2, 0) is 7.05 Å². The minimum Gasteiger partial charge on any atom is -0.497 e. The number of benzene rings is 1. The topological polar surface area (TPSA) is 73.2 Å². The van der Waals surface area contributed by atoms with Gasteiger partial charge in [0.15, 0.2) is 0 Å². The van der Waals surface area contributed by atoms with Crippen molar-refractivity contribution in [2.45, 2.75) is 0 Å². The van der Waals surface area contributed by atoms with Gasteiger partial charge in [-0.2, -0.15) is 4.98 Å². The minimum atomic E-state index is -0.424. The predicted octanol–water partition coefficient (Wildman–Crippen LogP) is 1.04. The lowest BCUT2D eigenvalue weighted by atomic mass is 10.2. The van der Waals surface area contributed by atoms with Gasteiger partial charge >= 0.3 is 5.69 Å². The van der Waals surface area contributed by atoms with Gasteiger partial charge in [0, 0.05) is 18.8 Å². The standard InChI is InChI=1S/C13H13N3O3/c1-16-8-7-11(15-13(16)18)14-12(17)9-3-5-10(19-2)6-4-9/h3-8H,1-2H3,(H,14,15,17,18). The Balaban J connectivity index is 2.15. The quantitative estimate of drug-likeness (QED) is 0.893. The number of anilines is 1. The highest BCUT2D eigenvalue weighted by atomic mass is 16.5. The van der Waals surface area contributed by atoms with Crippen molar-refractivity contribution >= 4 is 11.7 Å². The van der Waals surface area contributed by atoms with E-state index in [-0.39, 0.29) is 11.7 Å². The van der Waals surface area contributed by atoms with Crippen LogP contribution >= 0.6 is 0 Å². The minimum absolute atomic E-state index is 0.226. The maximum Gasteiger partial charge on any atom is 0.349 e. The summed E-state index contributed by atoms with van der Waals surface area (Å²) in [6, 6.07) is 8.20. The number of rotatable bonds is 3. The maximum absolute atomic E-state index is 11.9. The van der Waals surface area contributed by atoms with Crippen LogP contribution in [0, 0.1) is 0 Å². The summed E-state index contributed by atoms with van der Waals surface area (Å²) in [5.41, 5.74) is 0.0378. The van der Waals surface area contributed by atoms with Crippen molar-refractivity contribution < 1.29 is 9.53 Å². The molecule has 1 amide bonds. The highest BCUT2D eigenvalue weighted by molar-refractivity contribution is 6.03. The van der Waals surface area contributed by atoms with Gasteiger partial charge < -0.3 is 14.6 Å². The summed E-state index contributed by atoms with van der Waals surface area (Å²) in [4.78, 5) is 27.0. The summed E-state index contributed by atoms with van der Waals surface area (Å²) in [7, 11) is 3.14. The zero-order valence-electron chi connectivity index (χ0n) is 10.6. The van der Waals surface area contributed by atoms with E-state index in [1.807, 2.05) is 0 Å². The van der Waals surface area contributed by atoms with E-state index in [4.69, 9.17) is 4.74 Å². The SMILES string of the molecule is COc1ccc(C(=O)Nc2ccn(C)c(=O)n2)cc1. The van der Waals surface area contributed by atoms with Crippen LogP contribution in [0.25, 0.3) is 0 Å². The van der Waals surface area contributed by atoms with Crippen LogP contribution in [0.4, 0.5) is 5.82 Å². The monoisotopic (exact) mass is 259 g/mol. The van der Waals surface area contributed by atoms with Gasteiger partial charge in [-0.15, -0.1) is 0 Å². The molecule has 1 heterocycles. The average molecular weight is 259 g/mol. The molecule has 0 atom stereocenters. The van der Waals surface area contributed by atoms with Gasteiger partial charge in [-0.05, 0) is 30.3 Å². The first-order valence-electron chi connectivity index (χ1n) is 5.59. The molecule has 19 heavy (non-hydrogen) atoms. The van der Waals surface area contributed by atoms with Gasteiger partial charge in [0.2, 0.25) is 0 Å². The third-order valence-electron chi connectivity index (χ3n) is 2.57. The van der Waals surface area contributed by atoms with Crippen LogP contribution in [0.3, 0.4) is 0 Å². The summed E-state index contributed by atoms with van der Waals surface area (Å²) < 4.78 is 6.33. The molecule has 0 saturated carbocycles. The van der Waals surface area contributed by atoms with Crippen molar-refractivity contribution in [2.24, 2.45) is 7.05 Å². The number of aryl methyl sites for hydroxylation is 1. The number of methoxy groups -OCH3 is 1. The highest BCUT2D eigenvalue weighted by Crippen LogP contribution is 2.12. The predicted molar refractivity (Wildman–Crippen MR) is 70.4 cm³/mol. The molecule has 0 spiro atoms. The highest BCUT2D eigenvalue weighted by Gasteiger charge is 2.07. The second-order valence-electron chi connectivity index (χ2n) is 3.89. The van der Waals surface area contributed by atoms with E-state index in [1.165, 1.54) is 4.57 Å². The first-order valence-corrected chi connectivity index (χ1v) is 5.59. The molecule has 1 aromatic heterocycles. The van der Waals surface area contributed by atoms with E-state index in [2.05, 4.69) is 10.3 Å². The van der Waals surface area contributed by atoms with Gasteiger partial charge in [-0.3, -0.25) is 4.79 Å². The Morgan fingerprint density at radius 2 is 1.95 bits per heavy atom. The average Bonchev–Trinajstić information content (AvgIpc) is 2.43. The summed E-state index contributed by atoms with van der Waals surface area (Å²) in [6.45, 7) is 0. The third-order valence-corrected chi connectivity index (χ3v) is 2.57. The van der Waals surface area contributed by atoms with Crippen molar-refractivity contribution in [3.8, 4) is 5.75 Å². The number of amides is 1. The van der Waals surface area contributed by atoms with E-state index < -0.39 is 5.69 Å². The molecule has 0 radical (unpaired) electrons. The number of carbonyl (C=O) groups excluding carboxylic acids is 1. The zero-order valence-corrected chi connectivity index (χ0v) is 10.6. The van der Waals surface area contributed by atoms with Crippen LogP contribution < -0.4 is 15.7 Å². The Morgan fingerprint density at radius 1 is 1.26 bits per heavy atom. The number of hydrogen-bond acceptors (Lipinski definition) is 4. The lowest BCUT2D eigenvalue weighted by Crippen LogP contribution is -2.22. The van der Waals surface area contributed by atoms with Gasteiger partial charge in [0.05, 0.1) is 7.11 Å². The number of hydrogen-bond donors (Lipinski definition) is 1. The van der Waals surface area contributed by atoms with Crippen molar-refractivity contribution in [1.29, 1.82) is 0 Å². The number of nitrogens with zero attached hydrogens (tertiary/aromatic N) is 2. The zero-order chi connectivity index (χ0) is 13.8. The van der Waals surface area contributed by atoms with E-state index in [0.29, 0.717) is 11.3 Å². The lowest BCUT2D eigenvalue weighted by Gasteiger charge is -2.05. The second-order valence-corrected chi connectivity index (χ2v) is 3.89. The Labute approximate surface area is 109 Å². The third kappa shape index (κ3) is 2.98. The first-order chi connectivity index (χ1) is 9.10. The summed E-state index contributed by atoms with van der Waals surface area (Å²) in [5.74, 6) is 0.565. The summed E-state index contributed by atoms with van der Waals surface area (Å²) in [5, 5.41) is 2.56. The molecule has 0 saturated heterocycles. The van der Waals surface area contributed by atoms with Crippen LogP contribution in [0.15, 0.2) is 41.3 Å². The van der Waals surface area contributed by atoms with E-state index in [0.717, 1.165) is 0 Å². The molecule has 0 bridgehead atoms. The molecule has 0 aliphatic heterocycles. The van der Waals surface area contributed by atoms with E-state index in [9.17, 15) is 9.59 Å². The summed E-state index contributed by atoms with van der Waals surface area (Å²) in [6.07, 6.45) is 1.54. The van der Waals surface area contributed by atoms with Crippen LogP contribution in [0.2, 0.25) is 0 Å². The fourth-order valence-corrected chi connectivity index (χ4v) is 1.47. The lowest BCUT2D eigenvalue weighted by molar-refractivity contribution is 0.102. The van der Waals surface area contributed by atoms with Crippen molar-refractivity contribution in [2.75, 3.05) is 12.4 Å². The maximum atomic E-state index is 11.9. The van der Waals surface area contributed by atoms with Crippen LogP contribution in [-0.4, -0.2) is 22.6 Å². The van der Waals surface area contributed by atoms with Crippen molar-refractivity contribution in [3.05, 3.63) is 52.6 Å². The van der Waals surface area contributed by atoms with Crippen LogP contribution in [0.1, 0.15) is 10.4 Å². The summed E-state index contributed by atoms with van der Waals surface area (Å²) >= 11 is 0. The van der Waals surface area contributed by atoms with Gasteiger partial charge in [-0.1, -0.05) is 0 Å². The molecule has 0 unspecified atom stereocenters. The molecule has 6 nitrogen and oxygen atoms in total. The Kier molecular flexibility index (Phi) is 3.61. The molecule has 6 heteroatoms. The molecule has 0 aliphatic carbocycles. The number of carbonyl (C=O) groups is 1. The molecule has 0 fully saturated rings. The number of ether oxygens (including phenoxy) is 1. The second kappa shape index (κ2) is 5.34. The Bertz CT molecular complexity index is 647. The van der Waals surface area contributed by atoms with Gasteiger partial charge in [0.1, 0.15) is 11.6 Å².